The maximum absolute atomic E-state index is 11.4. The second kappa shape index (κ2) is 14.9. The molecule has 1 unspecified atom stereocenters. The lowest BCUT2D eigenvalue weighted by molar-refractivity contribution is -0.138. The normalized spacial score (nSPS) is 14.6. The molecule has 0 aliphatic heterocycles. The van der Waals surface area contributed by atoms with Crippen LogP contribution in [0.2, 0.25) is 0 Å². The number of hydrogen-bond donors (Lipinski definition) is 0. The van der Waals surface area contributed by atoms with Gasteiger partial charge in [0.25, 0.3) is 0 Å². The average Bonchev–Trinajstić information content (AvgIpc) is 3.33. The zero-order valence-electron chi connectivity index (χ0n) is 27.0. The van der Waals surface area contributed by atoms with Crippen molar-refractivity contribution in [2.75, 3.05) is 18.1 Å². The lowest BCUT2D eigenvalue weighted by Crippen LogP contribution is -2.21. The van der Waals surface area contributed by atoms with Crippen molar-refractivity contribution in [2.45, 2.75) is 57.8 Å². The van der Waals surface area contributed by atoms with Crippen molar-refractivity contribution in [3.8, 4) is 11.1 Å². The number of rotatable bonds is 15. The van der Waals surface area contributed by atoms with Gasteiger partial charge >= 0.3 is 11.9 Å². The van der Waals surface area contributed by atoms with Crippen LogP contribution in [0, 0.1) is 0 Å². The van der Waals surface area contributed by atoms with Crippen LogP contribution in [0.25, 0.3) is 11.1 Å². The number of hydrogen-bond acceptors (Lipinski definition) is 5. The number of fused-ring (bicyclic) bond motifs is 3. The second-order valence-corrected chi connectivity index (χ2v) is 12.0. The molecule has 0 fully saturated rings. The lowest BCUT2D eigenvalue weighted by atomic mass is 9.76. The summed E-state index contributed by atoms with van der Waals surface area (Å²) in [6.45, 7) is 12.3. The van der Waals surface area contributed by atoms with Gasteiger partial charge < -0.3 is 14.4 Å². The third-order valence-electron chi connectivity index (χ3n) is 8.85. The maximum atomic E-state index is 11.4. The molecule has 4 aromatic carbocycles. The smallest absolute Gasteiger partial charge is 0.330 e. The number of nitrogens with zero attached hydrogens (tertiary/aromatic N) is 1. The summed E-state index contributed by atoms with van der Waals surface area (Å²) < 4.78 is 10.3. The highest BCUT2D eigenvalue weighted by atomic mass is 16.5. The molecule has 236 valence electrons. The molecule has 5 rings (SSSR count). The number of anilines is 3. The summed E-state index contributed by atoms with van der Waals surface area (Å²) in [4.78, 5) is 25.1. The Labute approximate surface area is 273 Å². The van der Waals surface area contributed by atoms with Gasteiger partial charge in [-0.25, -0.2) is 9.59 Å². The first-order chi connectivity index (χ1) is 22.4. The minimum Gasteiger partial charge on any atom is -0.463 e. The molecule has 0 aromatic heterocycles. The van der Waals surface area contributed by atoms with E-state index in [1.54, 1.807) is 0 Å². The van der Waals surface area contributed by atoms with E-state index in [-0.39, 0.29) is 17.4 Å². The monoisotopic (exact) mass is 613 g/mol. The van der Waals surface area contributed by atoms with E-state index >= 15 is 0 Å². The summed E-state index contributed by atoms with van der Waals surface area (Å²) in [7, 11) is 0. The van der Waals surface area contributed by atoms with Gasteiger partial charge in [-0.2, -0.15) is 0 Å². The van der Waals surface area contributed by atoms with Gasteiger partial charge in [-0.15, -0.1) is 0 Å². The van der Waals surface area contributed by atoms with Crippen molar-refractivity contribution in [1.29, 1.82) is 0 Å². The Balaban J connectivity index is 1.45. The van der Waals surface area contributed by atoms with E-state index in [1.807, 2.05) is 0 Å². The fourth-order valence-electron chi connectivity index (χ4n) is 6.56. The van der Waals surface area contributed by atoms with Crippen molar-refractivity contribution < 1.29 is 19.1 Å². The molecule has 4 aromatic rings. The molecule has 0 spiro atoms. The highest BCUT2D eigenvalue weighted by molar-refractivity contribution is 5.86. The fourth-order valence-corrected chi connectivity index (χ4v) is 6.56. The second-order valence-electron chi connectivity index (χ2n) is 12.0. The number of esters is 2. The zero-order chi connectivity index (χ0) is 32.5. The standard InChI is InChI=1S/C41H43NO4/c1-5-26-41(4)37-15-9-8-14-35(37)36-25-24-34(29-38(36)41)42(32-20-16-30(17-21-32)12-10-27-45-39(43)6-2)33-22-18-31(19-23-33)13-11-28-46-40(44)7-3/h6-9,14-25,29H,2-3,5,10-13,26-28H2,1,4H3. The first-order valence-electron chi connectivity index (χ1n) is 16.2. The molecule has 5 nitrogen and oxygen atoms in total. The van der Waals surface area contributed by atoms with Crippen molar-refractivity contribution in [1.82, 2.24) is 0 Å². The summed E-state index contributed by atoms with van der Waals surface area (Å²) >= 11 is 0. The molecule has 1 atom stereocenters. The van der Waals surface area contributed by atoms with Gasteiger partial charge in [0.05, 0.1) is 13.2 Å². The largest absolute Gasteiger partial charge is 0.463 e. The van der Waals surface area contributed by atoms with Crippen LogP contribution in [-0.4, -0.2) is 25.2 Å². The van der Waals surface area contributed by atoms with Crippen molar-refractivity contribution >= 4 is 29.0 Å². The van der Waals surface area contributed by atoms with Crippen molar-refractivity contribution in [3.05, 3.63) is 139 Å². The van der Waals surface area contributed by atoms with Crippen LogP contribution >= 0.6 is 0 Å². The van der Waals surface area contributed by atoms with Crippen LogP contribution in [0.15, 0.2) is 116 Å². The van der Waals surface area contributed by atoms with E-state index in [9.17, 15) is 9.59 Å². The molecule has 5 heteroatoms. The van der Waals surface area contributed by atoms with E-state index in [0.29, 0.717) is 13.2 Å². The Kier molecular flexibility index (Phi) is 10.5. The summed E-state index contributed by atoms with van der Waals surface area (Å²) in [6, 6.07) is 33.0. The third-order valence-corrected chi connectivity index (χ3v) is 8.85. The highest BCUT2D eigenvalue weighted by Gasteiger charge is 2.38. The first kappa shape index (κ1) is 32.5. The van der Waals surface area contributed by atoms with Gasteiger partial charge in [0, 0.05) is 34.6 Å². The molecule has 1 aliphatic rings. The number of carbonyl (C=O) groups is 2. The summed E-state index contributed by atoms with van der Waals surface area (Å²) in [5, 5.41) is 0. The van der Waals surface area contributed by atoms with Gasteiger partial charge in [-0.1, -0.05) is 88.0 Å². The fraction of sp³-hybridized carbons (Fsp3) is 0.268. The number of ether oxygens (including phenoxy) is 2. The Bertz CT molecular complexity index is 1620. The molecular formula is C41H43NO4. The van der Waals surface area contributed by atoms with Gasteiger partial charge in [-0.3, -0.25) is 0 Å². The van der Waals surface area contributed by atoms with E-state index in [0.717, 1.165) is 55.6 Å². The molecule has 0 radical (unpaired) electrons. The first-order valence-corrected chi connectivity index (χ1v) is 16.2. The Hall–Kier alpha value is -4.90. The third kappa shape index (κ3) is 7.15. The van der Waals surface area contributed by atoms with Crippen molar-refractivity contribution in [3.63, 3.8) is 0 Å². The summed E-state index contributed by atoms with van der Waals surface area (Å²) in [6.07, 6.45) is 7.69. The SMILES string of the molecule is C=CC(=O)OCCCc1ccc(N(c2ccc(CCCOC(=O)C=C)cc2)c2ccc3c(c2)C(C)(CCC)c2ccccc2-3)cc1. The lowest BCUT2D eigenvalue weighted by Gasteiger charge is -2.30. The minimum absolute atomic E-state index is 0.0554. The topological polar surface area (TPSA) is 55.8 Å². The highest BCUT2D eigenvalue weighted by Crippen LogP contribution is 2.52. The molecule has 0 N–H and O–H groups in total. The molecule has 0 saturated heterocycles. The van der Waals surface area contributed by atoms with Crippen LogP contribution in [0.1, 0.15) is 61.8 Å². The Morgan fingerprint density at radius 2 is 1.20 bits per heavy atom. The van der Waals surface area contributed by atoms with Gasteiger partial charge in [0.2, 0.25) is 0 Å². The van der Waals surface area contributed by atoms with Crippen LogP contribution in [-0.2, 0) is 37.3 Å². The predicted octanol–water partition coefficient (Wildman–Crippen LogP) is 9.57. The minimum atomic E-state index is -0.388. The molecular weight excluding hydrogens is 570 g/mol. The molecule has 1 aliphatic carbocycles. The Morgan fingerprint density at radius 1 is 0.696 bits per heavy atom. The predicted molar refractivity (Wildman–Crippen MR) is 187 cm³/mol. The van der Waals surface area contributed by atoms with Crippen LogP contribution in [0.3, 0.4) is 0 Å². The molecule has 46 heavy (non-hydrogen) atoms. The number of aryl methyl sites for hydroxylation is 2. The van der Waals surface area contributed by atoms with Crippen LogP contribution in [0.4, 0.5) is 17.1 Å². The van der Waals surface area contributed by atoms with Crippen LogP contribution in [0.5, 0.6) is 0 Å². The molecule has 0 bridgehead atoms. The van der Waals surface area contributed by atoms with Gasteiger partial charge in [0.15, 0.2) is 0 Å². The maximum Gasteiger partial charge on any atom is 0.330 e. The average molecular weight is 614 g/mol. The van der Waals surface area contributed by atoms with Crippen molar-refractivity contribution in [2.24, 2.45) is 0 Å². The molecule has 0 amide bonds. The number of benzene rings is 4. The zero-order valence-corrected chi connectivity index (χ0v) is 27.0. The van der Waals surface area contributed by atoms with Gasteiger partial charge in [-0.05, 0) is 102 Å². The van der Waals surface area contributed by atoms with E-state index in [2.05, 4.69) is 123 Å². The Morgan fingerprint density at radius 3 is 1.72 bits per heavy atom. The van der Waals surface area contributed by atoms with Gasteiger partial charge in [0.1, 0.15) is 0 Å². The summed E-state index contributed by atoms with van der Waals surface area (Å²) in [5.74, 6) is -0.777. The quantitative estimate of drug-likeness (QED) is 0.0759. The molecule has 0 heterocycles. The van der Waals surface area contributed by atoms with E-state index in [1.165, 1.54) is 45.5 Å². The summed E-state index contributed by atoms with van der Waals surface area (Å²) in [5.41, 5.74) is 11.0. The van der Waals surface area contributed by atoms with E-state index in [4.69, 9.17) is 9.47 Å². The van der Waals surface area contributed by atoms with E-state index < -0.39 is 0 Å². The number of carbonyl (C=O) groups excluding carboxylic acids is 2. The molecule has 0 saturated carbocycles. The van der Waals surface area contributed by atoms with Crippen LogP contribution < -0.4 is 4.90 Å².